The van der Waals surface area contributed by atoms with E-state index in [1.807, 2.05) is 24.3 Å². The monoisotopic (exact) mass is 258 g/mol. The average Bonchev–Trinajstić information content (AvgIpc) is 2.74. The highest BCUT2D eigenvalue weighted by Gasteiger charge is 2.00. The molecule has 0 saturated carbocycles. The molecular formula is C11H12Cl2N2O. The van der Waals surface area contributed by atoms with Crippen LogP contribution in [0.1, 0.15) is 11.3 Å². The summed E-state index contributed by atoms with van der Waals surface area (Å²) in [6.07, 6.45) is 3.34. The molecule has 0 amide bonds. The van der Waals surface area contributed by atoms with Gasteiger partial charge in [-0.15, -0.1) is 12.4 Å². The molecule has 0 aliphatic heterocycles. The van der Waals surface area contributed by atoms with Crippen LogP contribution in [-0.4, -0.2) is 4.98 Å². The molecule has 2 aromatic rings. The van der Waals surface area contributed by atoms with E-state index in [9.17, 15) is 0 Å². The van der Waals surface area contributed by atoms with E-state index in [2.05, 4.69) is 10.3 Å². The first kappa shape index (κ1) is 13.0. The van der Waals surface area contributed by atoms with Crippen molar-refractivity contribution < 1.29 is 4.42 Å². The molecule has 0 radical (unpaired) electrons. The molecule has 0 aliphatic rings. The Kier molecular flexibility index (Phi) is 5.32. The molecule has 16 heavy (non-hydrogen) atoms. The number of rotatable bonds is 4. The summed E-state index contributed by atoms with van der Waals surface area (Å²) >= 11 is 5.91. The predicted molar refractivity (Wildman–Crippen MR) is 65.7 cm³/mol. The largest absolute Gasteiger partial charge is 0.468 e. The molecule has 0 aliphatic carbocycles. The molecule has 0 bridgehead atoms. The zero-order valence-electron chi connectivity index (χ0n) is 8.52. The van der Waals surface area contributed by atoms with Crippen LogP contribution < -0.4 is 5.32 Å². The van der Waals surface area contributed by atoms with Crippen LogP contribution in [0.25, 0.3) is 0 Å². The van der Waals surface area contributed by atoms with Crippen LogP contribution in [0, 0.1) is 0 Å². The summed E-state index contributed by atoms with van der Waals surface area (Å²) in [6, 6.07) is 7.62. The van der Waals surface area contributed by atoms with Gasteiger partial charge in [-0.3, -0.25) is 0 Å². The van der Waals surface area contributed by atoms with Crippen molar-refractivity contribution in [3.63, 3.8) is 0 Å². The average molecular weight is 259 g/mol. The Hall–Kier alpha value is -1.03. The molecule has 0 aromatic carbocycles. The van der Waals surface area contributed by atoms with E-state index in [1.54, 1.807) is 12.5 Å². The highest BCUT2D eigenvalue weighted by molar-refractivity contribution is 6.30. The third-order valence-corrected chi connectivity index (χ3v) is 2.37. The Morgan fingerprint density at radius 3 is 2.81 bits per heavy atom. The quantitative estimate of drug-likeness (QED) is 0.857. The van der Waals surface area contributed by atoms with Crippen molar-refractivity contribution >= 4 is 24.0 Å². The lowest BCUT2D eigenvalue weighted by atomic mass is 10.3. The van der Waals surface area contributed by atoms with Crippen molar-refractivity contribution in [2.24, 2.45) is 0 Å². The Balaban J connectivity index is 0.00000128. The summed E-state index contributed by atoms with van der Waals surface area (Å²) in [5.74, 6) is 0.912. The van der Waals surface area contributed by atoms with E-state index in [4.69, 9.17) is 16.0 Å². The molecule has 0 unspecified atom stereocenters. The third-order valence-electron chi connectivity index (χ3n) is 2.03. The standard InChI is InChI=1S/C11H11ClN2O.ClH/c12-11-9(3-1-5-14-11)7-13-8-10-4-2-6-15-10;/h1-6,13H,7-8H2;1H. The molecule has 2 rings (SSSR count). The van der Waals surface area contributed by atoms with Gasteiger partial charge in [-0.25, -0.2) is 4.98 Å². The van der Waals surface area contributed by atoms with Crippen LogP contribution >= 0.6 is 24.0 Å². The van der Waals surface area contributed by atoms with E-state index in [1.165, 1.54) is 0 Å². The first-order chi connectivity index (χ1) is 7.36. The highest BCUT2D eigenvalue weighted by atomic mass is 35.5. The van der Waals surface area contributed by atoms with Gasteiger partial charge >= 0.3 is 0 Å². The smallest absolute Gasteiger partial charge is 0.133 e. The third kappa shape index (κ3) is 3.52. The molecule has 0 fully saturated rings. The number of furan rings is 1. The Bertz CT molecular complexity index is 418. The number of hydrogen-bond donors (Lipinski definition) is 1. The van der Waals surface area contributed by atoms with Crippen molar-refractivity contribution in [1.82, 2.24) is 10.3 Å². The second kappa shape index (κ2) is 6.53. The van der Waals surface area contributed by atoms with Gasteiger partial charge in [0.2, 0.25) is 0 Å². The highest BCUT2D eigenvalue weighted by Crippen LogP contribution is 2.11. The van der Waals surface area contributed by atoms with Gasteiger partial charge < -0.3 is 9.73 Å². The van der Waals surface area contributed by atoms with Crippen LogP contribution in [0.2, 0.25) is 5.15 Å². The lowest BCUT2D eigenvalue weighted by Crippen LogP contribution is -2.12. The molecule has 0 atom stereocenters. The number of aromatic nitrogens is 1. The molecule has 1 N–H and O–H groups in total. The van der Waals surface area contributed by atoms with Gasteiger partial charge in [0, 0.05) is 18.3 Å². The second-order valence-electron chi connectivity index (χ2n) is 3.14. The zero-order chi connectivity index (χ0) is 10.5. The Morgan fingerprint density at radius 1 is 1.25 bits per heavy atom. The summed E-state index contributed by atoms with van der Waals surface area (Å²) in [7, 11) is 0. The van der Waals surface area contributed by atoms with Gasteiger partial charge in [-0.1, -0.05) is 17.7 Å². The summed E-state index contributed by atoms with van der Waals surface area (Å²) < 4.78 is 5.19. The van der Waals surface area contributed by atoms with E-state index in [0.29, 0.717) is 18.2 Å². The molecule has 0 saturated heterocycles. The summed E-state index contributed by atoms with van der Waals surface area (Å²) in [4.78, 5) is 4.00. The maximum absolute atomic E-state index is 5.91. The fourth-order valence-corrected chi connectivity index (χ4v) is 1.47. The second-order valence-corrected chi connectivity index (χ2v) is 3.49. The molecule has 5 heteroatoms. The summed E-state index contributed by atoms with van der Waals surface area (Å²) in [5.41, 5.74) is 0.991. The van der Waals surface area contributed by atoms with Crippen LogP contribution in [0.15, 0.2) is 41.1 Å². The molecule has 2 heterocycles. The predicted octanol–water partition coefficient (Wildman–Crippen LogP) is 3.04. The van der Waals surface area contributed by atoms with Crippen LogP contribution in [0.3, 0.4) is 0 Å². The molecular weight excluding hydrogens is 247 g/mol. The zero-order valence-corrected chi connectivity index (χ0v) is 10.1. The first-order valence-corrected chi connectivity index (χ1v) is 5.06. The first-order valence-electron chi connectivity index (χ1n) is 4.69. The number of nitrogens with zero attached hydrogens (tertiary/aromatic N) is 1. The van der Waals surface area contributed by atoms with Crippen molar-refractivity contribution in [3.05, 3.63) is 53.2 Å². The number of halogens is 2. The minimum Gasteiger partial charge on any atom is -0.468 e. The van der Waals surface area contributed by atoms with E-state index in [0.717, 1.165) is 11.3 Å². The minimum absolute atomic E-state index is 0. The normalized spacial score (nSPS) is 9.81. The summed E-state index contributed by atoms with van der Waals surface area (Å²) in [5, 5.41) is 3.77. The lowest BCUT2D eigenvalue weighted by Gasteiger charge is -2.03. The van der Waals surface area contributed by atoms with Crippen molar-refractivity contribution in [2.75, 3.05) is 0 Å². The van der Waals surface area contributed by atoms with E-state index >= 15 is 0 Å². The molecule has 3 nitrogen and oxygen atoms in total. The van der Waals surface area contributed by atoms with E-state index in [-0.39, 0.29) is 12.4 Å². The van der Waals surface area contributed by atoms with Gasteiger partial charge in [0.1, 0.15) is 10.9 Å². The number of hydrogen-bond acceptors (Lipinski definition) is 3. The van der Waals surface area contributed by atoms with Gasteiger partial charge in [-0.05, 0) is 18.2 Å². The number of pyridine rings is 1. The van der Waals surface area contributed by atoms with Crippen LogP contribution in [0.4, 0.5) is 0 Å². The maximum Gasteiger partial charge on any atom is 0.133 e. The van der Waals surface area contributed by atoms with Gasteiger partial charge in [0.15, 0.2) is 0 Å². The number of nitrogens with one attached hydrogen (secondary N) is 1. The van der Waals surface area contributed by atoms with Gasteiger partial charge in [-0.2, -0.15) is 0 Å². The Morgan fingerprint density at radius 2 is 2.12 bits per heavy atom. The minimum atomic E-state index is 0. The van der Waals surface area contributed by atoms with Crippen LogP contribution in [-0.2, 0) is 13.1 Å². The topological polar surface area (TPSA) is 38.1 Å². The Labute approximate surface area is 105 Å². The van der Waals surface area contributed by atoms with Crippen molar-refractivity contribution in [1.29, 1.82) is 0 Å². The van der Waals surface area contributed by atoms with Gasteiger partial charge in [0.05, 0.1) is 12.8 Å². The molecule has 0 spiro atoms. The fourth-order valence-electron chi connectivity index (χ4n) is 1.28. The maximum atomic E-state index is 5.91. The van der Waals surface area contributed by atoms with Crippen molar-refractivity contribution in [3.8, 4) is 0 Å². The molecule has 2 aromatic heterocycles. The summed E-state index contributed by atoms with van der Waals surface area (Å²) in [6.45, 7) is 1.38. The van der Waals surface area contributed by atoms with E-state index < -0.39 is 0 Å². The molecule has 86 valence electrons. The van der Waals surface area contributed by atoms with Crippen LogP contribution in [0.5, 0.6) is 0 Å². The lowest BCUT2D eigenvalue weighted by molar-refractivity contribution is 0.483. The fraction of sp³-hybridized carbons (Fsp3) is 0.182. The SMILES string of the molecule is Cl.Clc1ncccc1CNCc1ccco1. The van der Waals surface area contributed by atoms with Crippen molar-refractivity contribution in [2.45, 2.75) is 13.1 Å². The van der Waals surface area contributed by atoms with Gasteiger partial charge in [0.25, 0.3) is 0 Å².